The molecule has 1 N–H and O–H groups in total. The summed E-state index contributed by atoms with van der Waals surface area (Å²) in [7, 11) is 0. The van der Waals surface area contributed by atoms with Crippen LogP contribution in [0.15, 0.2) is 71.9 Å². The van der Waals surface area contributed by atoms with Crippen LogP contribution in [0.2, 0.25) is 0 Å². The molecule has 0 fully saturated rings. The summed E-state index contributed by atoms with van der Waals surface area (Å²) in [5.41, 5.74) is 7.08. The van der Waals surface area contributed by atoms with Crippen molar-refractivity contribution in [1.29, 1.82) is 0 Å². The average molecular weight is 403 g/mol. The van der Waals surface area contributed by atoms with Crippen LogP contribution < -0.4 is 0 Å². The van der Waals surface area contributed by atoms with Gasteiger partial charge in [0, 0.05) is 11.4 Å². The van der Waals surface area contributed by atoms with Gasteiger partial charge in [-0.05, 0) is 59.4 Å². The minimum Gasteiger partial charge on any atom is -0.508 e. The molecule has 148 valence electrons. The van der Waals surface area contributed by atoms with Crippen molar-refractivity contribution in [2.45, 2.75) is 44.0 Å². The van der Waals surface area contributed by atoms with E-state index in [1.165, 1.54) is 16.7 Å². The molecule has 0 atom stereocenters. The van der Waals surface area contributed by atoms with Gasteiger partial charge in [-0.1, -0.05) is 68.9 Å². The van der Waals surface area contributed by atoms with Crippen LogP contribution in [0.1, 0.15) is 37.5 Å². The number of rotatable bonds is 4. The van der Waals surface area contributed by atoms with Gasteiger partial charge in [0.05, 0.1) is 11.0 Å². The van der Waals surface area contributed by atoms with Crippen LogP contribution in [0.25, 0.3) is 16.7 Å². The fraction of sp³-hybridized carbons (Fsp3) is 0.240. The van der Waals surface area contributed by atoms with E-state index < -0.39 is 0 Å². The number of thioether (sulfide) groups is 1. The van der Waals surface area contributed by atoms with Crippen LogP contribution in [0, 0.1) is 6.92 Å². The second kappa shape index (κ2) is 7.60. The number of aromatic hydroxyl groups is 1. The summed E-state index contributed by atoms with van der Waals surface area (Å²) in [4.78, 5) is 4.91. The van der Waals surface area contributed by atoms with Crippen molar-refractivity contribution in [2.24, 2.45) is 0 Å². The second-order valence-electron chi connectivity index (χ2n) is 8.42. The zero-order valence-electron chi connectivity index (χ0n) is 17.3. The molecule has 0 aliphatic rings. The maximum atomic E-state index is 9.69. The highest BCUT2D eigenvalue weighted by molar-refractivity contribution is 7.98. The number of hydrogen-bond donors (Lipinski definition) is 1. The molecule has 0 bridgehead atoms. The fourth-order valence-electron chi connectivity index (χ4n) is 3.46. The van der Waals surface area contributed by atoms with E-state index in [-0.39, 0.29) is 11.2 Å². The summed E-state index contributed by atoms with van der Waals surface area (Å²) in [5, 5.41) is 10.7. The molecule has 0 unspecified atom stereocenters. The Morgan fingerprint density at radius 2 is 1.62 bits per heavy atom. The Labute approximate surface area is 176 Å². The Bertz CT molecular complexity index is 1140. The standard InChI is InChI=1S/C25H26N2OS/c1-17-6-5-7-22-23(17)27(20-12-14-21(28)15-13-20)24(26-22)29-16-18-8-10-19(11-9-18)25(2,3)4/h5-15,28H,16H2,1-4H3. The quantitative estimate of drug-likeness (QED) is 0.389. The third kappa shape index (κ3) is 4.03. The molecule has 4 rings (SSSR count). The van der Waals surface area contributed by atoms with Crippen molar-refractivity contribution in [3.63, 3.8) is 0 Å². The van der Waals surface area contributed by atoms with Crippen LogP contribution in [-0.2, 0) is 11.2 Å². The highest BCUT2D eigenvalue weighted by Crippen LogP contribution is 2.32. The Morgan fingerprint density at radius 1 is 0.931 bits per heavy atom. The number of phenols is 1. The molecule has 0 aliphatic heterocycles. The molecular formula is C25H26N2OS. The van der Waals surface area contributed by atoms with Crippen LogP contribution in [-0.4, -0.2) is 14.7 Å². The van der Waals surface area contributed by atoms with Gasteiger partial charge in [0.15, 0.2) is 5.16 Å². The van der Waals surface area contributed by atoms with Crippen molar-refractivity contribution in [2.75, 3.05) is 0 Å². The van der Waals surface area contributed by atoms with E-state index in [2.05, 4.69) is 68.7 Å². The average Bonchev–Trinajstić information content (AvgIpc) is 3.06. The van der Waals surface area contributed by atoms with Gasteiger partial charge in [0.2, 0.25) is 0 Å². The third-order valence-electron chi connectivity index (χ3n) is 5.14. The number of para-hydroxylation sites is 1. The minimum atomic E-state index is 0.163. The number of hydrogen-bond acceptors (Lipinski definition) is 3. The molecule has 4 heteroatoms. The number of imidazole rings is 1. The first-order valence-corrected chi connectivity index (χ1v) is 10.8. The first-order valence-electron chi connectivity index (χ1n) is 9.82. The van der Waals surface area contributed by atoms with Crippen LogP contribution >= 0.6 is 11.8 Å². The predicted octanol–water partition coefficient (Wildman–Crippen LogP) is 6.63. The van der Waals surface area contributed by atoms with E-state index in [0.717, 1.165) is 27.6 Å². The summed E-state index contributed by atoms with van der Waals surface area (Å²) < 4.78 is 2.19. The number of nitrogens with zero attached hydrogens (tertiary/aromatic N) is 2. The van der Waals surface area contributed by atoms with E-state index in [1.54, 1.807) is 23.9 Å². The Balaban J connectivity index is 1.69. The normalized spacial score (nSPS) is 11.9. The van der Waals surface area contributed by atoms with E-state index >= 15 is 0 Å². The van der Waals surface area contributed by atoms with Gasteiger partial charge in [-0.3, -0.25) is 4.57 Å². The van der Waals surface area contributed by atoms with Crippen molar-refractivity contribution in [3.05, 3.63) is 83.4 Å². The lowest BCUT2D eigenvalue weighted by Gasteiger charge is -2.19. The Kier molecular flexibility index (Phi) is 5.13. The summed E-state index contributed by atoms with van der Waals surface area (Å²) in [5.74, 6) is 1.12. The van der Waals surface area contributed by atoms with Gasteiger partial charge in [-0.15, -0.1) is 0 Å². The largest absolute Gasteiger partial charge is 0.508 e. The molecule has 3 nitrogen and oxygen atoms in total. The number of aryl methyl sites for hydroxylation is 1. The molecular weight excluding hydrogens is 376 g/mol. The van der Waals surface area contributed by atoms with Gasteiger partial charge in [0.1, 0.15) is 5.75 Å². The molecule has 0 spiro atoms. The molecule has 0 aliphatic carbocycles. The minimum absolute atomic E-state index is 0.163. The maximum Gasteiger partial charge on any atom is 0.174 e. The zero-order valence-corrected chi connectivity index (χ0v) is 18.1. The van der Waals surface area contributed by atoms with E-state index in [4.69, 9.17) is 4.98 Å². The summed E-state index contributed by atoms with van der Waals surface area (Å²) in [6.45, 7) is 8.82. The fourth-order valence-corrected chi connectivity index (χ4v) is 4.44. The van der Waals surface area contributed by atoms with Crippen molar-refractivity contribution in [1.82, 2.24) is 9.55 Å². The van der Waals surface area contributed by atoms with E-state index in [0.29, 0.717) is 0 Å². The predicted molar refractivity (Wildman–Crippen MR) is 122 cm³/mol. The Morgan fingerprint density at radius 3 is 2.28 bits per heavy atom. The second-order valence-corrected chi connectivity index (χ2v) is 9.37. The van der Waals surface area contributed by atoms with Gasteiger partial charge < -0.3 is 5.11 Å². The number of fused-ring (bicyclic) bond motifs is 1. The van der Waals surface area contributed by atoms with Crippen LogP contribution in [0.5, 0.6) is 5.75 Å². The first kappa shape index (κ1) is 19.6. The molecule has 1 heterocycles. The molecule has 0 saturated carbocycles. The SMILES string of the molecule is Cc1cccc2nc(SCc3ccc(C(C)(C)C)cc3)n(-c3ccc(O)cc3)c12. The summed E-state index contributed by atoms with van der Waals surface area (Å²) in [6.07, 6.45) is 0. The van der Waals surface area contributed by atoms with Crippen molar-refractivity contribution in [3.8, 4) is 11.4 Å². The molecule has 1 aromatic heterocycles. The van der Waals surface area contributed by atoms with E-state index in [1.807, 2.05) is 18.2 Å². The molecule has 0 amide bonds. The zero-order chi connectivity index (χ0) is 20.6. The highest BCUT2D eigenvalue weighted by Gasteiger charge is 2.16. The molecule has 0 radical (unpaired) electrons. The first-order chi connectivity index (χ1) is 13.8. The third-order valence-corrected chi connectivity index (χ3v) is 6.15. The molecule has 4 aromatic rings. The lowest BCUT2D eigenvalue weighted by molar-refractivity contribution is 0.475. The lowest BCUT2D eigenvalue weighted by atomic mass is 9.87. The molecule has 3 aromatic carbocycles. The Hall–Kier alpha value is -2.72. The monoisotopic (exact) mass is 402 g/mol. The van der Waals surface area contributed by atoms with Crippen molar-refractivity contribution < 1.29 is 5.11 Å². The van der Waals surface area contributed by atoms with Gasteiger partial charge >= 0.3 is 0 Å². The van der Waals surface area contributed by atoms with Crippen LogP contribution in [0.3, 0.4) is 0 Å². The summed E-state index contributed by atoms with van der Waals surface area (Å²) in [6, 6.07) is 22.4. The number of phenolic OH excluding ortho intramolecular Hbond substituents is 1. The van der Waals surface area contributed by atoms with Gasteiger partial charge in [-0.25, -0.2) is 4.98 Å². The molecule has 0 saturated heterocycles. The van der Waals surface area contributed by atoms with Gasteiger partial charge in [-0.2, -0.15) is 0 Å². The van der Waals surface area contributed by atoms with Crippen molar-refractivity contribution >= 4 is 22.8 Å². The smallest absolute Gasteiger partial charge is 0.174 e. The van der Waals surface area contributed by atoms with E-state index in [9.17, 15) is 5.11 Å². The highest BCUT2D eigenvalue weighted by atomic mass is 32.2. The summed E-state index contributed by atoms with van der Waals surface area (Å²) >= 11 is 1.74. The van der Waals surface area contributed by atoms with Gasteiger partial charge in [0.25, 0.3) is 0 Å². The molecule has 29 heavy (non-hydrogen) atoms. The number of aromatic nitrogens is 2. The maximum absolute atomic E-state index is 9.69. The van der Waals surface area contributed by atoms with Crippen LogP contribution in [0.4, 0.5) is 0 Å². The number of benzene rings is 3. The lowest BCUT2D eigenvalue weighted by Crippen LogP contribution is -2.10. The topological polar surface area (TPSA) is 38.0 Å².